The minimum absolute atomic E-state index is 0. The molecular weight excluding hydrogens is 393 g/mol. The molecule has 5 nitrogen and oxygen atoms in total. The number of nitrogens with one attached hydrogen (secondary N) is 2. The zero-order valence-corrected chi connectivity index (χ0v) is 15.4. The number of benzene rings is 1. The molecule has 0 unspecified atom stereocenters. The summed E-state index contributed by atoms with van der Waals surface area (Å²) >= 11 is 0. The van der Waals surface area contributed by atoms with E-state index in [1.54, 1.807) is 0 Å². The Kier molecular flexibility index (Phi) is 8.72. The van der Waals surface area contributed by atoms with Crippen LogP contribution in [0.5, 0.6) is 11.5 Å². The summed E-state index contributed by atoms with van der Waals surface area (Å²) in [5, 5.41) is 6.55. The van der Waals surface area contributed by atoms with Gasteiger partial charge in [0.15, 0.2) is 17.5 Å². The molecule has 0 fully saturated rings. The molecule has 0 saturated carbocycles. The average molecular weight is 417 g/mol. The third-order valence-electron chi connectivity index (χ3n) is 3.04. The van der Waals surface area contributed by atoms with Gasteiger partial charge in [-0.25, -0.2) is 4.99 Å². The van der Waals surface area contributed by atoms with E-state index in [1.165, 1.54) is 0 Å². The van der Waals surface area contributed by atoms with E-state index in [2.05, 4.69) is 34.7 Å². The van der Waals surface area contributed by atoms with Gasteiger partial charge in [-0.05, 0) is 38.0 Å². The molecule has 0 saturated heterocycles. The van der Waals surface area contributed by atoms with Crippen molar-refractivity contribution < 1.29 is 9.47 Å². The first-order chi connectivity index (χ1) is 10.3. The minimum Gasteiger partial charge on any atom is -0.454 e. The van der Waals surface area contributed by atoms with Crippen molar-refractivity contribution in [2.75, 3.05) is 19.9 Å². The fraction of sp³-hybridized carbons (Fsp3) is 0.438. The fourth-order valence-electron chi connectivity index (χ4n) is 1.99. The number of ether oxygens (including phenoxy) is 2. The van der Waals surface area contributed by atoms with Crippen molar-refractivity contribution in [3.8, 4) is 11.5 Å². The van der Waals surface area contributed by atoms with E-state index >= 15 is 0 Å². The van der Waals surface area contributed by atoms with E-state index in [9.17, 15) is 0 Å². The number of guanidine groups is 1. The number of halogens is 1. The number of allylic oxidation sites excluding steroid dienone is 1. The highest BCUT2D eigenvalue weighted by Gasteiger charge is 2.12. The number of nitrogens with zero attached hydrogens (tertiary/aromatic N) is 1. The van der Waals surface area contributed by atoms with Crippen molar-refractivity contribution in [1.29, 1.82) is 0 Å². The first kappa shape index (κ1) is 18.6. The molecule has 22 heavy (non-hydrogen) atoms. The standard InChI is InChI=1S/C16H23N3O2.HI/c1-3-5-6-9-18-16(17-4-2)19-11-13-7-8-14-15(10-13)21-12-20-14;/h3,5,7-8,10H,4,6,9,11-12H2,1-2H3,(H2,17,18,19);1H. The van der Waals surface area contributed by atoms with Crippen molar-refractivity contribution in [2.45, 2.75) is 26.8 Å². The average Bonchev–Trinajstić information content (AvgIpc) is 2.96. The van der Waals surface area contributed by atoms with Crippen LogP contribution in [-0.4, -0.2) is 25.8 Å². The van der Waals surface area contributed by atoms with Gasteiger partial charge in [-0.1, -0.05) is 18.2 Å². The van der Waals surface area contributed by atoms with E-state index in [1.807, 2.05) is 25.1 Å². The summed E-state index contributed by atoms with van der Waals surface area (Å²) in [5.74, 6) is 2.44. The summed E-state index contributed by atoms with van der Waals surface area (Å²) in [6.07, 6.45) is 5.18. The van der Waals surface area contributed by atoms with Gasteiger partial charge in [0, 0.05) is 13.1 Å². The molecule has 0 amide bonds. The maximum absolute atomic E-state index is 5.38. The molecule has 1 aliphatic heterocycles. The Morgan fingerprint density at radius 3 is 2.86 bits per heavy atom. The minimum atomic E-state index is 0. The molecule has 0 radical (unpaired) electrons. The van der Waals surface area contributed by atoms with Crippen LogP contribution in [0.1, 0.15) is 25.8 Å². The molecule has 0 aliphatic carbocycles. The maximum atomic E-state index is 5.38. The Hall–Kier alpha value is -1.44. The lowest BCUT2D eigenvalue weighted by Gasteiger charge is -2.10. The van der Waals surface area contributed by atoms with E-state index in [0.29, 0.717) is 13.3 Å². The van der Waals surface area contributed by atoms with Crippen LogP contribution in [0.25, 0.3) is 0 Å². The third-order valence-corrected chi connectivity index (χ3v) is 3.04. The summed E-state index contributed by atoms with van der Waals surface area (Å²) in [4.78, 5) is 4.58. The maximum Gasteiger partial charge on any atom is 0.231 e. The molecule has 1 aliphatic rings. The monoisotopic (exact) mass is 417 g/mol. The number of hydrogen-bond donors (Lipinski definition) is 2. The van der Waals surface area contributed by atoms with Crippen molar-refractivity contribution >= 4 is 29.9 Å². The molecule has 0 atom stereocenters. The number of aliphatic imine (C=N–C) groups is 1. The van der Waals surface area contributed by atoms with Gasteiger partial charge in [-0.2, -0.15) is 0 Å². The second kappa shape index (κ2) is 10.3. The van der Waals surface area contributed by atoms with Crippen molar-refractivity contribution in [3.05, 3.63) is 35.9 Å². The topological polar surface area (TPSA) is 54.9 Å². The van der Waals surface area contributed by atoms with Gasteiger partial charge in [0.2, 0.25) is 6.79 Å². The summed E-state index contributed by atoms with van der Waals surface area (Å²) in [7, 11) is 0. The first-order valence-electron chi connectivity index (χ1n) is 7.35. The van der Waals surface area contributed by atoms with E-state index < -0.39 is 0 Å². The molecule has 0 bridgehead atoms. The second-order valence-corrected chi connectivity index (χ2v) is 4.67. The molecule has 6 heteroatoms. The fourth-order valence-corrected chi connectivity index (χ4v) is 1.99. The van der Waals surface area contributed by atoms with Crippen LogP contribution >= 0.6 is 24.0 Å². The lowest BCUT2D eigenvalue weighted by atomic mass is 10.2. The zero-order valence-electron chi connectivity index (χ0n) is 13.1. The number of fused-ring (bicyclic) bond motifs is 1. The largest absolute Gasteiger partial charge is 0.454 e. The number of hydrogen-bond acceptors (Lipinski definition) is 3. The molecule has 2 rings (SSSR count). The summed E-state index contributed by atoms with van der Waals surface area (Å²) in [6, 6.07) is 5.93. The Morgan fingerprint density at radius 1 is 1.27 bits per heavy atom. The molecule has 1 heterocycles. The van der Waals surface area contributed by atoms with Gasteiger partial charge in [0.25, 0.3) is 0 Å². The molecule has 0 spiro atoms. The van der Waals surface area contributed by atoms with Crippen LogP contribution in [0.3, 0.4) is 0 Å². The normalized spacial score (nSPS) is 13.1. The third kappa shape index (κ3) is 5.75. The van der Waals surface area contributed by atoms with Gasteiger partial charge in [-0.3, -0.25) is 0 Å². The summed E-state index contributed by atoms with van der Waals surface area (Å²) < 4.78 is 10.7. The summed E-state index contributed by atoms with van der Waals surface area (Å²) in [6.45, 7) is 6.71. The van der Waals surface area contributed by atoms with Crippen molar-refractivity contribution in [1.82, 2.24) is 10.6 Å². The lowest BCUT2D eigenvalue weighted by Crippen LogP contribution is -2.37. The van der Waals surface area contributed by atoms with E-state index in [4.69, 9.17) is 9.47 Å². The Bertz CT molecular complexity index is 518. The molecule has 0 aromatic heterocycles. The highest BCUT2D eigenvalue weighted by Crippen LogP contribution is 2.32. The number of rotatable bonds is 6. The molecular formula is C16H24IN3O2. The molecule has 1 aromatic carbocycles. The van der Waals surface area contributed by atoms with Gasteiger partial charge in [0.05, 0.1) is 6.54 Å². The smallest absolute Gasteiger partial charge is 0.231 e. The van der Waals surface area contributed by atoms with Gasteiger partial charge in [-0.15, -0.1) is 24.0 Å². The van der Waals surface area contributed by atoms with Crippen molar-refractivity contribution in [2.24, 2.45) is 4.99 Å². The molecule has 2 N–H and O–H groups in total. The zero-order chi connectivity index (χ0) is 14.9. The van der Waals surface area contributed by atoms with Crippen LogP contribution < -0.4 is 20.1 Å². The predicted molar refractivity (Wildman–Crippen MR) is 100 cm³/mol. The molecule has 122 valence electrons. The predicted octanol–water partition coefficient (Wildman–Crippen LogP) is 3.05. The van der Waals surface area contributed by atoms with Crippen LogP contribution in [0.2, 0.25) is 0 Å². The Balaban J connectivity index is 0.00000242. The highest BCUT2D eigenvalue weighted by molar-refractivity contribution is 14.0. The lowest BCUT2D eigenvalue weighted by molar-refractivity contribution is 0.174. The first-order valence-corrected chi connectivity index (χ1v) is 7.35. The van der Waals surface area contributed by atoms with Crippen molar-refractivity contribution in [3.63, 3.8) is 0 Å². The van der Waals surface area contributed by atoms with E-state index in [0.717, 1.165) is 42.5 Å². The van der Waals surface area contributed by atoms with Crippen LogP contribution in [0.4, 0.5) is 0 Å². The molecule has 1 aromatic rings. The van der Waals surface area contributed by atoms with Gasteiger partial charge >= 0.3 is 0 Å². The van der Waals surface area contributed by atoms with Crippen LogP contribution in [0.15, 0.2) is 35.3 Å². The van der Waals surface area contributed by atoms with Gasteiger partial charge < -0.3 is 20.1 Å². The Labute approximate surface area is 149 Å². The summed E-state index contributed by atoms with van der Waals surface area (Å²) in [5.41, 5.74) is 1.10. The van der Waals surface area contributed by atoms with E-state index in [-0.39, 0.29) is 24.0 Å². The SMILES string of the molecule is CC=CCCNC(=NCc1ccc2c(c1)OCO2)NCC.I. The second-order valence-electron chi connectivity index (χ2n) is 4.67. The van der Waals surface area contributed by atoms with Crippen LogP contribution in [-0.2, 0) is 6.54 Å². The van der Waals surface area contributed by atoms with Crippen LogP contribution in [0, 0.1) is 0 Å². The van der Waals surface area contributed by atoms with Gasteiger partial charge in [0.1, 0.15) is 0 Å². The highest BCUT2D eigenvalue weighted by atomic mass is 127. The quantitative estimate of drug-likeness (QED) is 0.246. The Morgan fingerprint density at radius 2 is 2.09 bits per heavy atom.